The first-order valence-electron chi connectivity index (χ1n) is 18.7. The van der Waals surface area contributed by atoms with E-state index in [9.17, 15) is 0 Å². The van der Waals surface area contributed by atoms with Gasteiger partial charge in [0.1, 0.15) is 0 Å². The molecular weight excluding hydrogens is 667 g/mol. The van der Waals surface area contributed by atoms with Crippen LogP contribution in [-0.2, 0) is 0 Å². The molecule has 3 heteroatoms. The summed E-state index contributed by atoms with van der Waals surface area (Å²) in [6.07, 6.45) is 3.71. The van der Waals surface area contributed by atoms with E-state index in [0.717, 1.165) is 50.5 Å². The van der Waals surface area contributed by atoms with Crippen LogP contribution in [-0.4, -0.2) is 14.5 Å². The Labute approximate surface area is 318 Å². The first kappa shape index (κ1) is 31.2. The van der Waals surface area contributed by atoms with Crippen LogP contribution < -0.4 is 0 Å². The zero-order valence-electron chi connectivity index (χ0n) is 29.9. The molecule has 11 aromatic rings. The second kappa shape index (κ2) is 12.6. The lowest BCUT2D eigenvalue weighted by Gasteiger charge is -2.15. The smallest absolute Gasteiger partial charge is 0.0715 e. The van der Waals surface area contributed by atoms with Gasteiger partial charge in [-0.05, 0) is 109 Å². The van der Waals surface area contributed by atoms with Gasteiger partial charge in [0.2, 0.25) is 0 Å². The molecule has 0 saturated carbocycles. The van der Waals surface area contributed by atoms with E-state index in [1.54, 1.807) is 6.20 Å². The molecule has 256 valence electrons. The van der Waals surface area contributed by atoms with Gasteiger partial charge in [-0.25, -0.2) is 4.98 Å². The highest BCUT2D eigenvalue weighted by Crippen LogP contribution is 2.42. The molecule has 0 atom stereocenters. The minimum absolute atomic E-state index is 0.939. The second-order valence-electron chi connectivity index (χ2n) is 14.2. The Morgan fingerprint density at radius 3 is 1.62 bits per heavy atom. The molecule has 0 spiro atoms. The summed E-state index contributed by atoms with van der Waals surface area (Å²) in [7, 11) is 0. The van der Waals surface area contributed by atoms with E-state index < -0.39 is 0 Å². The van der Waals surface area contributed by atoms with Crippen molar-refractivity contribution in [3.05, 3.63) is 200 Å². The maximum Gasteiger partial charge on any atom is 0.0715 e. The molecule has 55 heavy (non-hydrogen) atoms. The number of aromatic nitrogens is 3. The van der Waals surface area contributed by atoms with Crippen LogP contribution in [0.2, 0.25) is 0 Å². The zero-order valence-corrected chi connectivity index (χ0v) is 29.9. The van der Waals surface area contributed by atoms with Gasteiger partial charge in [0.25, 0.3) is 0 Å². The number of nitrogens with zero attached hydrogens (tertiary/aromatic N) is 3. The summed E-state index contributed by atoms with van der Waals surface area (Å²) in [5, 5.41) is 9.97. The first-order valence-corrected chi connectivity index (χ1v) is 18.7. The van der Waals surface area contributed by atoms with Crippen molar-refractivity contribution in [3.63, 3.8) is 0 Å². The van der Waals surface area contributed by atoms with Crippen molar-refractivity contribution in [1.82, 2.24) is 14.5 Å². The fraction of sp³-hybridized carbons (Fsp3) is 0. The Bertz CT molecular complexity index is 3220. The third kappa shape index (κ3) is 5.20. The van der Waals surface area contributed by atoms with Gasteiger partial charge in [0, 0.05) is 40.0 Å². The van der Waals surface area contributed by atoms with Crippen molar-refractivity contribution in [2.24, 2.45) is 0 Å². The molecule has 3 nitrogen and oxygen atoms in total. The van der Waals surface area contributed by atoms with Gasteiger partial charge in [0.05, 0.1) is 22.4 Å². The minimum Gasteiger partial charge on any atom is -0.309 e. The van der Waals surface area contributed by atoms with Gasteiger partial charge in [-0.2, -0.15) is 0 Å². The summed E-state index contributed by atoms with van der Waals surface area (Å²) in [5.74, 6) is 0. The Balaban J connectivity index is 1.13. The van der Waals surface area contributed by atoms with Crippen LogP contribution in [0, 0.1) is 0 Å². The third-order valence-corrected chi connectivity index (χ3v) is 11.0. The lowest BCUT2D eigenvalue weighted by atomic mass is 9.91. The Morgan fingerprint density at radius 1 is 0.309 bits per heavy atom. The van der Waals surface area contributed by atoms with Gasteiger partial charge < -0.3 is 4.57 Å². The first-order chi connectivity index (χ1) is 27.3. The number of rotatable bonds is 5. The van der Waals surface area contributed by atoms with Crippen molar-refractivity contribution in [2.75, 3.05) is 0 Å². The molecule has 0 saturated heterocycles. The molecule has 0 amide bonds. The van der Waals surface area contributed by atoms with Gasteiger partial charge in [-0.3, -0.25) is 4.98 Å². The molecule has 0 fully saturated rings. The summed E-state index contributed by atoms with van der Waals surface area (Å²) in [5.41, 5.74) is 12.1. The summed E-state index contributed by atoms with van der Waals surface area (Å²) in [4.78, 5) is 9.66. The largest absolute Gasteiger partial charge is 0.309 e. The highest BCUT2D eigenvalue weighted by atomic mass is 15.0. The molecule has 3 aromatic heterocycles. The average molecular weight is 700 g/mol. The predicted molar refractivity (Wildman–Crippen MR) is 231 cm³/mol. The average Bonchev–Trinajstić information content (AvgIpc) is 3.60. The molecule has 0 aliphatic rings. The topological polar surface area (TPSA) is 30.7 Å². The Morgan fingerprint density at radius 2 is 0.873 bits per heavy atom. The molecular formula is C52H33N3. The van der Waals surface area contributed by atoms with Crippen molar-refractivity contribution < 1.29 is 0 Å². The van der Waals surface area contributed by atoms with Gasteiger partial charge >= 0.3 is 0 Å². The molecule has 0 aliphatic heterocycles. The quantitative estimate of drug-likeness (QED) is 0.167. The van der Waals surface area contributed by atoms with Crippen LogP contribution in [0.1, 0.15) is 0 Å². The summed E-state index contributed by atoms with van der Waals surface area (Å²) < 4.78 is 2.41. The lowest BCUT2D eigenvalue weighted by Crippen LogP contribution is -1.94. The normalized spacial score (nSPS) is 11.6. The summed E-state index contributed by atoms with van der Waals surface area (Å²) in [6.45, 7) is 0. The minimum atomic E-state index is 0.939. The lowest BCUT2D eigenvalue weighted by molar-refractivity contribution is 1.18. The number of para-hydroxylation sites is 2. The fourth-order valence-electron chi connectivity index (χ4n) is 8.42. The molecule has 0 bridgehead atoms. The van der Waals surface area contributed by atoms with Crippen LogP contribution in [0.5, 0.6) is 0 Å². The van der Waals surface area contributed by atoms with Crippen molar-refractivity contribution in [1.29, 1.82) is 0 Å². The molecule has 0 N–H and O–H groups in total. The zero-order chi connectivity index (χ0) is 36.3. The van der Waals surface area contributed by atoms with Crippen molar-refractivity contribution in [3.8, 4) is 50.5 Å². The predicted octanol–water partition coefficient (Wildman–Crippen LogP) is 13.7. The number of benzene rings is 8. The van der Waals surface area contributed by atoms with E-state index in [0.29, 0.717) is 0 Å². The number of fused-ring (bicyclic) bond motifs is 9. The van der Waals surface area contributed by atoms with Crippen molar-refractivity contribution >= 4 is 54.1 Å². The molecule has 0 aliphatic carbocycles. The SMILES string of the molecule is c1ccc(-c2cc(-c3ccc(-c4cccnc4)cc3)nc(-c3ccc4c(c3)c3ccccc3c3cc5c6ccccc6n(-c6ccccc6)c5cc43)c2)cc1. The third-order valence-electron chi connectivity index (χ3n) is 11.0. The van der Waals surface area contributed by atoms with Crippen LogP contribution in [0.25, 0.3) is 105 Å². The molecule has 3 heterocycles. The highest BCUT2D eigenvalue weighted by Gasteiger charge is 2.17. The van der Waals surface area contributed by atoms with Gasteiger partial charge in [0.15, 0.2) is 0 Å². The molecule has 8 aromatic carbocycles. The molecule has 0 radical (unpaired) electrons. The van der Waals surface area contributed by atoms with Crippen LogP contribution in [0.15, 0.2) is 200 Å². The van der Waals surface area contributed by atoms with E-state index >= 15 is 0 Å². The Kier molecular flexibility index (Phi) is 7.17. The van der Waals surface area contributed by atoms with E-state index in [2.05, 4.69) is 192 Å². The van der Waals surface area contributed by atoms with Gasteiger partial charge in [-0.15, -0.1) is 0 Å². The number of hydrogen-bond donors (Lipinski definition) is 0. The number of hydrogen-bond acceptors (Lipinski definition) is 2. The van der Waals surface area contributed by atoms with E-state index in [1.807, 2.05) is 12.3 Å². The van der Waals surface area contributed by atoms with E-state index in [1.165, 1.54) is 54.1 Å². The van der Waals surface area contributed by atoms with Gasteiger partial charge in [-0.1, -0.05) is 133 Å². The second-order valence-corrected chi connectivity index (χ2v) is 14.2. The van der Waals surface area contributed by atoms with Crippen LogP contribution >= 0.6 is 0 Å². The van der Waals surface area contributed by atoms with E-state index in [-0.39, 0.29) is 0 Å². The van der Waals surface area contributed by atoms with E-state index in [4.69, 9.17) is 4.98 Å². The summed E-state index contributed by atoms with van der Waals surface area (Å²) >= 11 is 0. The van der Waals surface area contributed by atoms with Crippen LogP contribution in [0.3, 0.4) is 0 Å². The summed E-state index contributed by atoms with van der Waals surface area (Å²) in [6, 6.07) is 67.8. The Hall–Kier alpha value is -7.36. The standard InChI is InChI=1S/C52H33N3/c1-3-12-34(13-4-1)39-29-49(36-23-21-35(22-24-36)38-14-11-27-53-33-38)54-50(30-39)37-25-26-43-45(28-37)41-17-7-8-18-42(41)46-31-48-44-19-9-10-20-51(44)55(52(48)32-47(43)46)40-15-5-2-6-16-40/h1-33H. The van der Waals surface area contributed by atoms with Crippen LogP contribution in [0.4, 0.5) is 0 Å². The maximum absolute atomic E-state index is 5.35. The fourth-order valence-corrected chi connectivity index (χ4v) is 8.42. The highest BCUT2D eigenvalue weighted by molar-refractivity contribution is 6.29. The number of pyridine rings is 2. The maximum atomic E-state index is 5.35. The monoisotopic (exact) mass is 699 g/mol. The van der Waals surface area contributed by atoms with Crippen molar-refractivity contribution in [2.45, 2.75) is 0 Å². The molecule has 11 rings (SSSR count). The molecule has 0 unspecified atom stereocenters.